The molecule has 0 saturated heterocycles. The van der Waals surface area contributed by atoms with Crippen LogP contribution in [-0.4, -0.2) is 12.5 Å². The van der Waals surface area contributed by atoms with E-state index < -0.39 is 5.41 Å². The molecule has 0 aromatic carbocycles. The van der Waals surface area contributed by atoms with E-state index in [1.165, 1.54) is 9.75 Å². The number of thiophene rings is 1. The van der Waals surface area contributed by atoms with Gasteiger partial charge in [0.15, 0.2) is 0 Å². The molecular weight excluding hydrogens is 244 g/mol. The molecule has 0 atom stereocenters. The molecular formula is C14H24N2OS. The van der Waals surface area contributed by atoms with Gasteiger partial charge in [-0.1, -0.05) is 20.8 Å². The van der Waals surface area contributed by atoms with Crippen LogP contribution >= 0.6 is 11.3 Å². The average molecular weight is 268 g/mol. The largest absolute Gasteiger partial charge is 0.351 e. The van der Waals surface area contributed by atoms with Gasteiger partial charge in [-0.25, -0.2) is 0 Å². The third-order valence-corrected chi connectivity index (χ3v) is 4.94. The summed E-state index contributed by atoms with van der Waals surface area (Å²) in [5, 5.41) is 3.02. The second kappa shape index (κ2) is 6.90. The topological polar surface area (TPSA) is 55.1 Å². The Morgan fingerprint density at radius 2 is 1.89 bits per heavy atom. The Kier molecular flexibility index (Phi) is 5.82. The van der Waals surface area contributed by atoms with E-state index >= 15 is 0 Å². The van der Waals surface area contributed by atoms with Gasteiger partial charge < -0.3 is 11.1 Å². The fraction of sp³-hybridized carbons (Fsp3) is 0.643. The molecule has 1 amide bonds. The van der Waals surface area contributed by atoms with E-state index in [0.717, 1.165) is 19.3 Å². The van der Waals surface area contributed by atoms with Gasteiger partial charge in [0.05, 0.1) is 12.0 Å². The third-order valence-electron chi connectivity index (χ3n) is 3.71. The van der Waals surface area contributed by atoms with E-state index in [1.807, 2.05) is 13.8 Å². The van der Waals surface area contributed by atoms with Gasteiger partial charge >= 0.3 is 0 Å². The van der Waals surface area contributed by atoms with Gasteiger partial charge in [0.1, 0.15) is 0 Å². The van der Waals surface area contributed by atoms with Gasteiger partial charge in [-0.2, -0.15) is 0 Å². The predicted octanol–water partition coefficient (Wildman–Crippen LogP) is 2.69. The van der Waals surface area contributed by atoms with Crippen LogP contribution < -0.4 is 11.1 Å². The predicted molar refractivity (Wildman–Crippen MR) is 77.6 cm³/mol. The molecule has 3 nitrogen and oxygen atoms in total. The van der Waals surface area contributed by atoms with Crippen LogP contribution in [-0.2, 0) is 17.8 Å². The minimum absolute atomic E-state index is 0.0847. The SMILES string of the molecule is CCc1ccc(CNC(=O)C(CC)(CC)CN)s1. The number of hydrogen-bond acceptors (Lipinski definition) is 3. The first-order valence-electron chi connectivity index (χ1n) is 6.67. The molecule has 4 heteroatoms. The summed E-state index contributed by atoms with van der Waals surface area (Å²) in [6.45, 7) is 7.22. The summed E-state index contributed by atoms with van der Waals surface area (Å²) in [5.41, 5.74) is 5.37. The molecule has 102 valence electrons. The normalized spacial score (nSPS) is 11.6. The van der Waals surface area contributed by atoms with Gasteiger partial charge in [-0.15, -0.1) is 11.3 Å². The Morgan fingerprint density at radius 1 is 1.28 bits per heavy atom. The van der Waals surface area contributed by atoms with Crippen LogP contribution in [0.2, 0.25) is 0 Å². The van der Waals surface area contributed by atoms with Crippen LogP contribution in [0.15, 0.2) is 12.1 Å². The molecule has 0 aliphatic carbocycles. The highest BCUT2D eigenvalue weighted by molar-refractivity contribution is 7.11. The van der Waals surface area contributed by atoms with Gasteiger partial charge in [0.2, 0.25) is 5.91 Å². The summed E-state index contributed by atoms with van der Waals surface area (Å²) in [5.74, 6) is 0.0847. The summed E-state index contributed by atoms with van der Waals surface area (Å²) in [6.07, 6.45) is 2.63. The molecule has 0 spiro atoms. The summed E-state index contributed by atoms with van der Waals surface area (Å²) in [6, 6.07) is 4.22. The van der Waals surface area contributed by atoms with Crippen molar-refractivity contribution in [1.29, 1.82) is 0 Å². The summed E-state index contributed by atoms with van der Waals surface area (Å²) in [4.78, 5) is 14.8. The number of nitrogens with one attached hydrogen (secondary N) is 1. The Labute approximate surface area is 114 Å². The number of rotatable bonds is 7. The number of nitrogens with two attached hydrogens (primary N) is 1. The fourth-order valence-electron chi connectivity index (χ4n) is 2.01. The van der Waals surface area contributed by atoms with Gasteiger partial charge in [-0.05, 0) is 31.4 Å². The lowest BCUT2D eigenvalue weighted by atomic mass is 9.81. The molecule has 3 N–H and O–H groups in total. The Balaban J connectivity index is 2.59. The zero-order valence-corrected chi connectivity index (χ0v) is 12.4. The van der Waals surface area contributed by atoms with Crippen molar-refractivity contribution < 1.29 is 4.79 Å². The highest BCUT2D eigenvalue weighted by Gasteiger charge is 2.32. The van der Waals surface area contributed by atoms with Gasteiger partial charge in [-0.3, -0.25) is 4.79 Å². The first kappa shape index (κ1) is 15.2. The minimum Gasteiger partial charge on any atom is -0.351 e. The maximum absolute atomic E-state index is 12.2. The van der Waals surface area contributed by atoms with Crippen molar-refractivity contribution in [3.8, 4) is 0 Å². The molecule has 1 rings (SSSR count). The molecule has 1 aromatic rings. The van der Waals surface area contributed by atoms with E-state index in [9.17, 15) is 4.79 Å². The number of carbonyl (C=O) groups is 1. The van der Waals surface area contributed by atoms with Gasteiger partial charge in [0, 0.05) is 16.3 Å². The molecule has 1 heterocycles. The van der Waals surface area contributed by atoms with Crippen molar-refractivity contribution in [2.75, 3.05) is 6.54 Å². The molecule has 0 saturated carbocycles. The highest BCUT2D eigenvalue weighted by Crippen LogP contribution is 2.25. The average Bonchev–Trinajstić information content (AvgIpc) is 2.87. The summed E-state index contributed by atoms with van der Waals surface area (Å²) < 4.78 is 0. The molecule has 18 heavy (non-hydrogen) atoms. The summed E-state index contributed by atoms with van der Waals surface area (Å²) >= 11 is 1.76. The van der Waals surface area contributed by atoms with E-state index in [2.05, 4.69) is 24.4 Å². The lowest BCUT2D eigenvalue weighted by molar-refractivity contribution is -0.131. The number of aryl methyl sites for hydroxylation is 1. The van der Waals surface area contributed by atoms with Crippen molar-refractivity contribution in [1.82, 2.24) is 5.32 Å². The van der Waals surface area contributed by atoms with E-state index in [-0.39, 0.29) is 5.91 Å². The Hall–Kier alpha value is -0.870. The van der Waals surface area contributed by atoms with E-state index in [4.69, 9.17) is 5.73 Å². The molecule has 0 bridgehead atoms. The van der Waals surface area contributed by atoms with Crippen molar-refractivity contribution in [2.45, 2.75) is 46.6 Å². The van der Waals surface area contributed by atoms with Crippen molar-refractivity contribution in [3.05, 3.63) is 21.9 Å². The number of amides is 1. The fourth-order valence-corrected chi connectivity index (χ4v) is 2.91. The van der Waals surface area contributed by atoms with Crippen LogP contribution in [0.5, 0.6) is 0 Å². The number of hydrogen-bond donors (Lipinski definition) is 2. The maximum Gasteiger partial charge on any atom is 0.227 e. The Morgan fingerprint density at radius 3 is 2.33 bits per heavy atom. The molecule has 0 unspecified atom stereocenters. The highest BCUT2D eigenvalue weighted by atomic mass is 32.1. The summed E-state index contributed by atoms with van der Waals surface area (Å²) in [7, 11) is 0. The third kappa shape index (κ3) is 3.33. The molecule has 0 aliphatic heterocycles. The van der Waals surface area contributed by atoms with E-state index in [1.54, 1.807) is 11.3 Å². The van der Waals surface area contributed by atoms with Crippen LogP contribution in [0.4, 0.5) is 0 Å². The lowest BCUT2D eigenvalue weighted by Gasteiger charge is -2.28. The first-order valence-corrected chi connectivity index (χ1v) is 7.49. The second-order valence-electron chi connectivity index (χ2n) is 4.60. The molecule has 0 aliphatic rings. The van der Waals surface area contributed by atoms with Crippen LogP contribution in [0.25, 0.3) is 0 Å². The minimum atomic E-state index is -0.398. The number of carbonyl (C=O) groups excluding carboxylic acids is 1. The molecule has 0 radical (unpaired) electrons. The zero-order valence-electron chi connectivity index (χ0n) is 11.6. The quantitative estimate of drug-likeness (QED) is 0.799. The van der Waals surface area contributed by atoms with Crippen molar-refractivity contribution in [3.63, 3.8) is 0 Å². The van der Waals surface area contributed by atoms with Crippen molar-refractivity contribution in [2.24, 2.45) is 11.1 Å². The van der Waals surface area contributed by atoms with E-state index in [0.29, 0.717) is 13.1 Å². The second-order valence-corrected chi connectivity index (χ2v) is 5.85. The van der Waals surface area contributed by atoms with Crippen LogP contribution in [0, 0.1) is 5.41 Å². The van der Waals surface area contributed by atoms with Gasteiger partial charge in [0.25, 0.3) is 0 Å². The molecule has 0 fully saturated rings. The van der Waals surface area contributed by atoms with Crippen molar-refractivity contribution >= 4 is 17.2 Å². The monoisotopic (exact) mass is 268 g/mol. The lowest BCUT2D eigenvalue weighted by Crippen LogP contribution is -2.44. The Bertz CT molecular complexity index is 375. The standard InChI is InChI=1S/C14H24N2OS/c1-4-11-7-8-12(18-11)9-16-13(17)14(5-2,6-3)10-15/h7-8H,4-6,9-10,15H2,1-3H3,(H,16,17). The maximum atomic E-state index is 12.2. The smallest absolute Gasteiger partial charge is 0.227 e. The molecule has 1 aromatic heterocycles. The van der Waals surface area contributed by atoms with Crippen LogP contribution in [0.3, 0.4) is 0 Å². The van der Waals surface area contributed by atoms with Crippen LogP contribution in [0.1, 0.15) is 43.4 Å². The first-order chi connectivity index (χ1) is 8.61. The zero-order chi connectivity index (χ0) is 13.6.